The summed E-state index contributed by atoms with van der Waals surface area (Å²) in [6.07, 6.45) is 0. The van der Waals surface area contributed by atoms with Crippen molar-refractivity contribution in [2.75, 3.05) is 0 Å². The molecule has 1 aromatic heterocycles. The highest BCUT2D eigenvalue weighted by atomic mass is 16.3. The van der Waals surface area contributed by atoms with E-state index in [0.717, 1.165) is 0 Å². The van der Waals surface area contributed by atoms with Gasteiger partial charge in [0, 0.05) is 0 Å². The number of rotatable bonds is 0. The Morgan fingerprint density at radius 3 is 0.917 bits per heavy atom. The highest BCUT2D eigenvalue weighted by Crippen LogP contribution is 2.08. The molecule has 0 amide bonds. The number of aromatic nitrogens is 3. The molecule has 0 bridgehead atoms. The van der Waals surface area contributed by atoms with E-state index in [1.807, 2.05) is 0 Å². The lowest BCUT2D eigenvalue weighted by Gasteiger charge is -1.90. The summed E-state index contributed by atoms with van der Waals surface area (Å²) >= 11 is 0. The van der Waals surface area contributed by atoms with Crippen molar-refractivity contribution in [2.24, 2.45) is 0 Å². The van der Waals surface area contributed by atoms with Gasteiger partial charge in [-0.15, -0.1) is 15.0 Å². The van der Waals surface area contributed by atoms with E-state index in [0.29, 0.717) is 0 Å². The molecule has 72 valence electrons. The van der Waals surface area contributed by atoms with Crippen LogP contribution in [0.1, 0.15) is 0 Å². The number of aromatic hydroxyl groups is 3. The van der Waals surface area contributed by atoms with Crippen molar-refractivity contribution in [3.05, 3.63) is 0 Å². The van der Waals surface area contributed by atoms with E-state index >= 15 is 0 Å². The highest BCUT2D eigenvalue weighted by Gasteiger charge is 1.99. The standard InChI is InChI=1S/C3H3N3O3.3H3N/c7-1-4-2(8)6-3(9)5-1;;;/h(H3,4,5,6,7,8,9);3*1H3. The summed E-state index contributed by atoms with van der Waals surface area (Å²) in [7, 11) is 0. The summed E-state index contributed by atoms with van der Waals surface area (Å²) in [5.74, 6) is 0. The van der Waals surface area contributed by atoms with E-state index in [2.05, 4.69) is 15.0 Å². The predicted octanol–water partition coefficient (Wildman–Crippen LogP) is -0.526. The molecule has 0 spiro atoms. The molecule has 0 atom stereocenters. The average Bonchev–Trinajstić information content (AvgIpc) is 1.59. The van der Waals surface area contributed by atoms with Crippen LogP contribution in [0.5, 0.6) is 18.0 Å². The van der Waals surface area contributed by atoms with Crippen LogP contribution in [0.3, 0.4) is 0 Å². The molecule has 0 fully saturated rings. The summed E-state index contributed by atoms with van der Waals surface area (Å²) in [4.78, 5) is 8.89. The molecule has 0 unspecified atom stereocenters. The first-order valence-corrected chi connectivity index (χ1v) is 2.01. The van der Waals surface area contributed by atoms with Gasteiger partial charge >= 0.3 is 18.0 Å². The zero-order valence-corrected chi connectivity index (χ0v) is 6.30. The maximum Gasteiger partial charge on any atom is 0.323 e. The van der Waals surface area contributed by atoms with Crippen LogP contribution in [0.15, 0.2) is 0 Å². The highest BCUT2D eigenvalue weighted by molar-refractivity contribution is 5.04. The Morgan fingerprint density at radius 1 is 0.583 bits per heavy atom. The lowest BCUT2D eigenvalue weighted by Crippen LogP contribution is -1.85. The molecule has 1 rings (SSSR count). The van der Waals surface area contributed by atoms with Crippen molar-refractivity contribution >= 4 is 0 Å². The minimum Gasteiger partial charge on any atom is -0.479 e. The lowest BCUT2D eigenvalue weighted by molar-refractivity contribution is 0.344. The fourth-order valence-corrected chi connectivity index (χ4v) is 0.343. The van der Waals surface area contributed by atoms with Crippen molar-refractivity contribution < 1.29 is 15.3 Å². The Morgan fingerprint density at radius 2 is 0.750 bits per heavy atom. The quantitative estimate of drug-likeness (QED) is 0.303. The third-order valence-corrected chi connectivity index (χ3v) is 0.600. The molecule has 0 aliphatic carbocycles. The van der Waals surface area contributed by atoms with Crippen LogP contribution in [-0.4, -0.2) is 30.3 Å². The maximum atomic E-state index is 8.41. The molecule has 0 saturated heterocycles. The molecule has 12 N–H and O–H groups in total. The van der Waals surface area contributed by atoms with Gasteiger partial charge in [0.1, 0.15) is 0 Å². The molecule has 0 aliphatic rings. The molecule has 0 aromatic carbocycles. The minimum absolute atomic E-state index is 0. The van der Waals surface area contributed by atoms with E-state index in [4.69, 9.17) is 15.3 Å². The van der Waals surface area contributed by atoms with Gasteiger partial charge in [-0.3, -0.25) is 0 Å². The summed E-state index contributed by atoms with van der Waals surface area (Å²) in [5.41, 5.74) is 0. The van der Waals surface area contributed by atoms with Gasteiger partial charge in [0.15, 0.2) is 0 Å². The molecular weight excluding hydrogens is 168 g/mol. The van der Waals surface area contributed by atoms with Gasteiger partial charge in [-0.25, -0.2) is 0 Å². The van der Waals surface area contributed by atoms with E-state index < -0.39 is 18.0 Å². The van der Waals surface area contributed by atoms with Crippen LogP contribution >= 0.6 is 0 Å². The second-order valence-electron chi connectivity index (χ2n) is 1.24. The Bertz CT molecular complexity index is 179. The van der Waals surface area contributed by atoms with Gasteiger partial charge in [0.05, 0.1) is 0 Å². The van der Waals surface area contributed by atoms with Crippen LogP contribution in [0.2, 0.25) is 0 Å². The first-order valence-electron chi connectivity index (χ1n) is 2.01. The third kappa shape index (κ3) is 4.16. The first kappa shape index (κ1) is 16.7. The third-order valence-electron chi connectivity index (χ3n) is 0.600. The van der Waals surface area contributed by atoms with Crippen LogP contribution in [0, 0.1) is 0 Å². The number of nitrogens with zero attached hydrogens (tertiary/aromatic N) is 3. The molecule has 0 saturated carbocycles. The summed E-state index contributed by atoms with van der Waals surface area (Å²) in [6, 6.07) is -2.12. The van der Waals surface area contributed by atoms with E-state index in [9.17, 15) is 0 Å². The van der Waals surface area contributed by atoms with Crippen molar-refractivity contribution in [1.82, 2.24) is 33.4 Å². The van der Waals surface area contributed by atoms with Gasteiger partial charge in [-0.1, -0.05) is 0 Å². The van der Waals surface area contributed by atoms with Crippen molar-refractivity contribution in [2.45, 2.75) is 0 Å². The van der Waals surface area contributed by atoms with Gasteiger partial charge in [-0.2, -0.15) is 0 Å². The molecule has 1 aromatic rings. The van der Waals surface area contributed by atoms with Gasteiger partial charge < -0.3 is 33.8 Å². The summed E-state index contributed by atoms with van der Waals surface area (Å²) in [5, 5.41) is 25.2. The first-order chi connectivity index (χ1) is 4.18. The average molecular weight is 180 g/mol. The Kier molecular flexibility index (Phi) is 8.40. The topological polar surface area (TPSA) is 204 Å². The molecule has 9 nitrogen and oxygen atoms in total. The fourth-order valence-electron chi connectivity index (χ4n) is 0.343. The Labute approximate surface area is 67.9 Å². The zero-order chi connectivity index (χ0) is 6.85. The molecular formula is C3H12N6O3. The largest absolute Gasteiger partial charge is 0.479 e. The lowest BCUT2D eigenvalue weighted by atomic mass is 10.9. The van der Waals surface area contributed by atoms with Crippen LogP contribution in [0.4, 0.5) is 0 Å². The molecule has 9 heteroatoms. The predicted molar refractivity (Wildman–Crippen MR) is 39.9 cm³/mol. The smallest absolute Gasteiger partial charge is 0.323 e. The van der Waals surface area contributed by atoms with E-state index in [1.165, 1.54) is 0 Å². The van der Waals surface area contributed by atoms with Crippen LogP contribution < -0.4 is 18.5 Å². The molecule has 12 heavy (non-hydrogen) atoms. The van der Waals surface area contributed by atoms with Crippen LogP contribution in [0.25, 0.3) is 0 Å². The SMILES string of the molecule is N.N.N.Oc1nc(O)nc(O)n1. The summed E-state index contributed by atoms with van der Waals surface area (Å²) in [6.45, 7) is 0. The Balaban J connectivity index is -0.000000270. The van der Waals surface area contributed by atoms with Crippen molar-refractivity contribution in [3.8, 4) is 18.0 Å². The fraction of sp³-hybridized carbons (Fsp3) is 0. The molecule has 0 aliphatic heterocycles. The summed E-state index contributed by atoms with van der Waals surface area (Å²) < 4.78 is 0. The second kappa shape index (κ2) is 6.03. The number of hydrogen-bond donors (Lipinski definition) is 6. The zero-order valence-electron chi connectivity index (χ0n) is 6.30. The maximum absolute atomic E-state index is 8.41. The molecule has 1 heterocycles. The minimum atomic E-state index is -0.708. The van der Waals surface area contributed by atoms with Crippen molar-refractivity contribution in [1.29, 1.82) is 0 Å². The Hall–Kier alpha value is -1.71. The van der Waals surface area contributed by atoms with E-state index in [1.54, 1.807) is 0 Å². The van der Waals surface area contributed by atoms with Gasteiger partial charge in [0.25, 0.3) is 0 Å². The number of hydrogen-bond acceptors (Lipinski definition) is 9. The second-order valence-corrected chi connectivity index (χ2v) is 1.24. The molecule has 0 radical (unpaired) electrons. The normalized spacial score (nSPS) is 7.00. The van der Waals surface area contributed by atoms with E-state index in [-0.39, 0.29) is 18.5 Å². The van der Waals surface area contributed by atoms with Gasteiger partial charge in [-0.05, 0) is 0 Å². The van der Waals surface area contributed by atoms with Crippen molar-refractivity contribution in [3.63, 3.8) is 0 Å². The van der Waals surface area contributed by atoms with Crippen LogP contribution in [-0.2, 0) is 0 Å². The monoisotopic (exact) mass is 180 g/mol. The van der Waals surface area contributed by atoms with Gasteiger partial charge in [0.2, 0.25) is 0 Å².